The molecule has 3 rings (SSSR count). The summed E-state index contributed by atoms with van der Waals surface area (Å²) >= 11 is 1.57. The molecule has 1 aromatic heterocycles. The fourth-order valence-corrected chi connectivity index (χ4v) is 3.30. The Morgan fingerprint density at radius 3 is 2.69 bits per heavy atom. The molecule has 0 unspecified atom stereocenters. The summed E-state index contributed by atoms with van der Waals surface area (Å²) in [5, 5.41) is 5.77. The lowest BCUT2D eigenvalue weighted by molar-refractivity contribution is -0.123. The molecule has 0 saturated heterocycles. The number of aromatic nitrogens is 1. The number of methoxy groups -OCH3 is 1. The molecular weight excluding hydrogens is 348 g/mol. The molecular formula is C20H20N2O3S. The lowest BCUT2D eigenvalue weighted by Gasteiger charge is -2.06. The lowest BCUT2D eigenvalue weighted by atomic mass is 10.2. The number of carbonyl (C=O) groups is 1. The molecule has 0 bridgehead atoms. The molecule has 1 amide bonds. The summed E-state index contributed by atoms with van der Waals surface area (Å²) in [6, 6.07) is 17.1. The number of nitrogens with zero attached hydrogens (tertiary/aromatic N) is 1. The number of amides is 1. The van der Waals surface area contributed by atoms with Crippen molar-refractivity contribution >= 4 is 17.2 Å². The zero-order chi connectivity index (χ0) is 18.2. The van der Waals surface area contributed by atoms with Crippen molar-refractivity contribution in [2.24, 2.45) is 0 Å². The van der Waals surface area contributed by atoms with Gasteiger partial charge in [-0.25, -0.2) is 4.98 Å². The second kappa shape index (κ2) is 9.01. The van der Waals surface area contributed by atoms with Gasteiger partial charge in [-0.05, 0) is 24.3 Å². The van der Waals surface area contributed by atoms with Crippen LogP contribution in [-0.2, 0) is 11.2 Å². The van der Waals surface area contributed by atoms with Crippen LogP contribution in [0, 0.1) is 0 Å². The maximum Gasteiger partial charge on any atom is 0.257 e. The van der Waals surface area contributed by atoms with Gasteiger partial charge in [0, 0.05) is 18.3 Å². The average Bonchev–Trinajstić information content (AvgIpc) is 3.16. The van der Waals surface area contributed by atoms with Crippen LogP contribution >= 0.6 is 11.3 Å². The van der Waals surface area contributed by atoms with Crippen molar-refractivity contribution in [3.8, 4) is 22.1 Å². The van der Waals surface area contributed by atoms with E-state index in [9.17, 15) is 4.79 Å². The predicted octanol–water partition coefficient (Wildman–Crippen LogP) is 3.56. The predicted molar refractivity (Wildman–Crippen MR) is 103 cm³/mol. The third-order valence-corrected chi connectivity index (χ3v) is 4.63. The fraction of sp³-hybridized carbons (Fsp3) is 0.200. The van der Waals surface area contributed by atoms with Crippen LogP contribution < -0.4 is 14.8 Å². The molecule has 1 N–H and O–H groups in total. The molecule has 0 saturated carbocycles. The third-order valence-electron chi connectivity index (χ3n) is 3.71. The highest BCUT2D eigenvalue weighted by molar-refractivity contribution is 7.13. The van der Waals surface area contributed by atoms with Crippen molar-refractivity contribution in [2.45, 2.75) is 6.42 Å². The van der Waals surface area contributed by atoms with Crippen molar-refractivity contribution in [1.82, 2.24) is 10.3 Å². The van der Waals surface area contributed by atoms with Gasteiger partial charge >= 0.3 is 0 Å². The number of ether oxygens (including phenoxy) is 2. The first kappa shape index (κ1) is 17.9. The summed E-state index contributed by atoms with van der Waals surface area (Å²) in [7, 11) is 1.65. The molecule has 0 aliphatic rings. The van der Waals surface area contributed by atoms with E-state index in [4.69, 9.17) is 9.47 Å². The Balaban J connectivity index is 1.47. The van der Waals surface area contributed by atoms with E-state index in [1.54, 1.807) is 18.4 Å². The van der Waals surface area contributed by atoms with Gasteiger partial charge in [0.1, 0.15) is 16.5 Å². The minimum absolute atomic E-state index is 0.00748. The Bertz CT molecular complexity index is 849. The number of nitrogens with one attached hydrogen (secondary N) is 1. The summed E-state index contributed by atoms with van der Waals surface area (Å²) < 4.78 is 10.8. The highest BCUT2D eigenvalue weighted by atomic mass is 32.1. The maximum absolute atomic E-state index is 11.8. The van der Waals surface area contributed by atoms with E-state index < -0.39 is 0 Å². The molecule has 1 heterocycles. The van der Waals surface area contributed by atoms with E-state index in [1.165, 1.54) is 0 Å². The SMILES string of the molecule is COc1ccccc1-c1nc(CCNC(=O)COc2ccccc2)cs1. The monoisotopic (exact) mass is 368 g/mol. The summed E-state index contributed by atoms with van der Waals surface area (Å²) in [5.74, 6) is 1.34. The second-order valence-corrected chi connectivity index (χ2v) is 6.40. The topological polar surface area (TPSA) is 60.5 Å². The smallest absolute Gasteiger partial charge is 0.257 e. The molecule has 2 aromatic carbocycles. The van der Waals surface area contributed by atoms with Gasteiger partial charge < -0.3 is 14.8 Å². The zero-order valence-electron chi connectivity index (χ0n) is 14.5. The van der Waals surface area contributed by atoms with Crippen LogP contribution in [0.25, 0.3) is 10.6 Å². The number of thiazole rings is 1. The Kier molecular flexibility index (Phi) is 6.22. The zero-order valence-corrected chi connectivity index (χ0v) is 15.3. The number of benzene rings is 2. The molecule has 0 aliphatic heterocycles. The number of para-hydroxylation sites is 2. The summed E-state index contributed by atoms with van der Waals surface area (Å²) in [5.41, 5.74) is 1.92. The molecule has 6 heteroatoms. The first-order valence-corrected chi connectivity index (χ1v) is 9.16. The third kappa shape index (κ3) is 4.83. The Morgan fingerprint density at radius 2 is 1.88 bits per heavy atom. The minimum Gasteiger partial charge on any atom is -0.496 e. The molecule has 5 nitrogen and oxygen atoms in total. The van der Waals surface area contributed by atoms with Crippen molar-refractivity contribution in [3.05, 3.63) is 65.7 Å². The van der Waals surface area contributed by atoms with E-state index in [0.717, 1.165) is 22.0 Å². The summed E-state index contributed by atoms with van der Waals surface area (Å²) in [6.07, 6.45) is 0.669. The van der Waals surface area contributed by atoms with Crippen molar-refractivity contribution in [1.29, 1.82) is 0 Å². The van der Waals surface area contributed by atoms with E-state index in [1.807, 2.05) is 60.0 Å². The highest BCUT2D eigenvalue weighted by Crippen LogP contribution is 2.31. The number of hydrogen-bond donors (Lipinski definition) is 1. The fourth-order valence-electron chi connectivity index (χ4n) is 2.41. The summed E-state index contributed by atoms with van der Waals surface area (Å²) in [4.78, 5) is 16.5. The normalized spacial score (nSPS) is 10.3. The van der Waals surface area contributed by atoms with Crippen LogP contribution in [0.2, 0.25) is 0 Å². The first-order valence-electron chi connectivity index (χ1n) is 8.28. The average molecular weight is 368 g/mol. The quantitative estimate of drug-likeness (QED) is 0.660. The van der Waals surface area contributed by atoms with E-state index >= 15 is 0 Å². The summed E-state index contributed by atoms with van der Waals surface area (Å²) in [6.45, 7) is 0.527. The van der Waals surface area contributed by atoms with Gasteiger partial charge in [0.2, 0.25) is 0 Å². The molecule has 0 fully saturated rings. The van der Waals surface area contributed by atoms with E-state index in [0.29, 0.717) is 18.7 Å². The number of rotatable bonds is 8. The van der Waals surface area contributed by atoms with Crippen molar-refractivity contribution in [2.75, 3.05) is 20.3 Å². The molecule has 3 aromatic rings. The van der Waals surface area contributed by atoms with Gasteiger partial charge in [-0.15, -0.1) is 11.3 Å². The van der Waals surface area contributed by atoms with Gasteiger partial charge in [-0.3, -0.25) is 4.79 Å². The van der Waals surface area contributed by atoms with Gasteiger partial charge in [-0.2, -0.15) is 0 Å². The highest BCUT2D eigenvalue weighted by Gasteiger charge is 2.10. The van der Waals surface area contributed by atoms with Crippen LogP contribution in [0.4, 0.5) is 0 Å². The lowest BCUT2D eigenvalue weighted by Crippen LogP contribution is -2.30. The van der Waals surface area contributed by atoms with Crippen LogP contribution in [0.3, 0.4) is 0 Å². The Morgan fingerprint density at radius 1 is 1.12 bits per heavy atom. The van der Waals surface area contributed by atoms with E-state index in [2.05, 4.69) is 10.3 Å². The molecule has 0 atom stereocenters. The van der Waals surface area contributed by atoms with Crippen LogP contribution in [0.1, 0.15) is 5.69 Å². The van der Waals surface area contributed by atoms with Crippen LogP contribution in [-0.4, -0.2) is 31.2 Å². The van der Waals surface area contributed by atoms with Crippen LogP contribution in [0.15, 0.2) is 60.0 Å². The van der Waals surface area contributed by atoms with E-state index in [-0.39, 0.29) is 12.5 Å². The molecule has 0 spiro atoms. The molecule has 26 heavy (non-hydrogen) atoms. The van der Waals surface area contributed by atoms with Gasteiger partial charge in [0.25, 0.3) is 5.91 Å². The molecule has 134 valence electrons. The Hall–Kier alpha value is -2.86. The first-order chi connectivity index (χ1) is 12.8. The minimum atomic E-state index is -0.144. The number of hydrogen-bond acceptors (Lipinski definition) is 5. The van der Waals surface area contributed by atoms with Crippen LogP contribution in [0.5, 0.6) is 11.5 Å². The van der Waals surface area contributed by atoms with Gasteiger partial charge in [0.05, 0.1) is 18.4 Å². The van der Waals surface area contributed by atoms with Gasteiger partial charge in [0.15, 0.2) is 6.61 Å². The number of carbonyl (C=O) groups excluding carboxylic acids is 1. The van der Waals surface area contributed by atoms with Crippen molar-refractivity contribution < 1.29 is 14.3 Å². The molecule has 0 aliphatic carbocycles. The van der Waals surface area contributed by atoms with Crippen molar-refractivity contribution in [3.63, 3.8) is 0 Å². The largest absolute Gasteiger partial charge is 0.496 e. The standard InChI is InChI=1S/C20H20N2O3S/c1-24-18-10-6-5-9-17(18)20-22-15(14-26-20)11-12-21-19(23)13-25-16-7-3-2-4-8-16/h2-10,14H,11-13H2,1H3,(H,21,23). The van der Waals surface area contributed by atoms with Gasteiger partial charge in [-0.1, -0.05) is 30.3 Å². The second-order valence-electron chi connectivity index (χ2n) is 5.55. The molecule has 0 radical (unpaired) electrons. The Labute approximate surface area is 156 Å². The maximum atomic E-state index is 11.8.